The molecule has 0 aliphatic rings. The largest absolute Gasteiger partial charge is 0.387 e. The van der Waals surface area contributed by atoms with Crippen LogP contribution in [0.15, 0.2) is 39.6 Å². The van der Waals surface area contributed by atoms with Crippen LogP contribution >= 0.6 is 0 Å². The van der Waals surface area contributed by atoms with E-state index in [1.54, 1.807) is 19.1 Å². The predicted octanol–water partition coefficient (Wildman–Crippen LogP) is 0.544. The monoisotopic (exact) mass is 342 g/mol. The number of amides is 1. The Morgan fingerprint density at radius 1 is 1.36 bits per heavy atom. The Kier molecular flexibility index (Phi) is 4.90. The number of carbonyl (C=O) groups excluding carboxylic acids is 1. The van der Waals surface area contributed by atoms with Gasteiger partial charge in [0.05, 0.1) is 5.52 Å². The highest BCUT2D eigenvalue weighted by molar-refractivity contribution is 5.82. The lowest BCUT2D eigenvalue weighted by molar-refractivity contribution is -0.121. The van der Waals surface area contributed by atoms with Gasteiger partial charge in [0.2, 0.25) is 5.91 Å². The Morgan fingerprint density at radius 3 is 2.92 bits per heavy atom. The third-order valence-electron chi connectivity index (χ3n) is 3.84. The normalized spacial score (nSPS) is 11.0. The van der Waals surface area contributed by atoms with Gasteiger partial charge in [-0.3, -0.25) is 9.59 Å². The van der Waals surface area contributed by atoms with Gasteiger partial charge in [-0.25, -0.2) is 0 Å². The first-order valence-electron chi connectivity index (χ1n) is 7.86. The predicted molar refractivity (Wildman–Crippen MR) is 89.9 cm³/mol. The van der Waals surface area contributed by atoms with E-state index in [2.05, 4.69) is 15.5 Å². The minimum Gasteiger partial charge on any atom is -0.387 e. The molecule has 2 N–H and O–H groups in total. The van der Waals surface area contributed by atoms with Crippen molar-refractivity contribution in [1.82, 2.24) is 20.0 Å². The van der Waals surface area contributed by atoms with Crippen molar-refractivity contribution < 1.29 is 14.4 Å². The second-order valence-corrected chi connectivity index (χ2v) is 5.62. The summed E-state index contributed by atoms with van der Waals surface area (Å²) in [5.74, 6) is 0.397. The van der Waals surface area contributed by atoms with E-state index in [4.69, 9.17) is 9.63 Å². The average molecular weight is 342 g/mol. The molecule has 2 aromatic heterocycles. The van der Waals surface area contributed by atoms with Gasteiger partial charge in [-0.2, -0.15) is 4.98 Å². The van der Waals surface area contributed by atoms with Crippen LogP contribution in [0.4, 0.5) is 0 Å². The molecule has 0 atom stereocenters. The lowest BCUT2D eigenvalue weighted by Crippen LogP contribution is -2.30. The van der Waals surface area contributed by atoms with Crippen LogP contribution in [0.25, 0.3) is 10.9 Å². The first-order valence-corrected chi connectivity index (χ1v) is 7.86. The standard InChI is InChI=1S/C17H18N4O4/c1-11-8-14(23)12-4-2-3-5-13(12)21(11)9-16(24)18-7-6-15-19-17(10-22)25-20-15/h2-5,8,22H,6-7,9-10H2,1H3,(H,18,24). The van der Waals surface area contributed by atoms with Gasteiger partial charge in [-0.05, 0) is 19.1 Å². The van der Waals surface area contributed by atoms with Gasteiger partial charge in [0, 0.05) is 30.1 Å². The molecule has 0 radical (unpaired) electrons. The van der Waals surface area contributed by atoms with Gasteiger partial charge in [0.1, 0.15) is 13.2 Å². The number of aromatic nitrogens is 3. The average Bonchev–Trinajstić information content (AvgIpc) is 3.06. The molecule has 8 heteroatoms. The highest BCUT2D eigenvalue weighted by Gasteiger charge is 2.10. The summed E-state index contributed by atoms with van der Waals surface area (Å²) >= 11 is 0. The van der Waals surface area contributed by atoms with E-state index < -0.39 is 0 Å². The maximum absolute atomic E-state index is 12.2. The van der Waals surface area contributed by atoms with Crippen LogP contribution in [0.5, 0.6) is 0 Å². The quantitative estimate of drug-likeness (QED) is 0.677. The van der Waals surface area contributed by atoms with Crippen LogP contribution in [0.2, 0.25) is 0 Å². The Labute approximate surface area is 143 Å². The van der Waals surface area contributed by atoms with Crippen LogP contribution in [0, 0.1) is 6.92 Å². The number of aryl methyl sites for hydroxylation is 1. The molecule has 3 aromatic rings. The van der Waals surface area contributed by atoms with Crippen LogP contribution < -0.4 is 10.7 Å². The van der Waals surface area contributed by atoms with E-state index in [0.717, 1.165) is 11.2 Å². The summed E-state index contributed by atoms with van der Waals surface area (Å²) in [6, 6.07) is 8.75. The van der Waals surface area contributed by atoms with E-state index in [-0.39, 0.29) is 30.4 Å². The Bertz CT molecular complexity index is 961. The maximum atomic E-state index is 12.2. The second-order valence-electron chi connectivity index (χ2n) is 5.62. The highest BCUT2D eigenvalue weighted by atomic mass is 16.5. The molecule has 0 saturated carbocycles. The molecule has 1 amide bonds. The van der Waals surface area contributed by atoms with Gasteiger partial charge in [0.15, 0.2) is 11.3 Å². The molecule has 1 aromatic carbocycles. The van der Waals surface area contributed by atoms with Crippen molar-refractivity contribution in [3.05, 3.63) is 58.0 Å². The lowest BCUT2D eigenvalue weighted by Gasteiger charge is -2.14. The molecular weight excluding hydrogens is 324 g/mol. The maximum Gasteiger partial charge on any atom is 0.252 e. The number of aliphatic hydroxyl groups excluding tert-OH is 1. The summed E-state index contributed by atoms with van der Waals surface area (Å²) in [7, 11) is 0. The summed E-state index contributed by atoms with van der Waals surface area (Å²) in [5, 5.41) is 15.9. The first kappa shape index (κ1) is 16.8. The lowest BCUT2D eigenvalue weighted by atomic mass is 10.2. The number of nitrogens with one attached hydrogen (secondary N) is 1. The van der Waals surface area contributed by atoms with Crippen LogP contribution in [0.1, 0.15) is 17.4 Å². The van der Waals surface area contributed by atoms with Crippen molar-refractivity contribution in [2.45, 2.75) is 26.5 Å². The minimum atomic E-state index is -0.307. The number of benzene rings is 1. The van der Waals surface area contributed by atoms with Crippen molar-refractivity contribution in [2.75, 3.05) is 6.54 Å². The number of para-hydroxylation sites is 1. The number of nitrogens with zero attached hydrogens (tertiary/aromatic N) is 3. The molecule has 0 fully saturated rings. The number of hydrogen-bond acceptors (Lipinski definition) is 6. The smallest absolute Gasteiger partial charge is 0.252 e. The molecule has 2 heterocycles. The molecule has 0 saturated heterocycles. The third-order valence-corrected chi connectivity index (χ3v) is 3.84. The van der Waals surface area contributed by atoms with Crippen molar-refractivity contribution in [3.63, 3.8) is 0 Å². The van der Waals surface area contributed by atoms with Gasteiger partial charge in [0.25, 0.3) is 5.89 Å². The van der Waals surface area contributed by atoms with E-state index in [9.17, 15) is 9.59 Å². The van der Waals surface area contributed by atoms with E-state index >= 15 is 0 Å². The van der Waals surface area contributed by atoms with Crippen molar-refractivity contribution in [3.8, 4) is 0 Å². The Morgan fingerprint density at radius 2 is 2.16 bits per heavy atom. The molecule has 3 rings (SSSR count). The number of fused-ring (bicyclic) bond motifs is 1. The molecule has 0 bridgehead atoms. The number of hydrogen-bond donors (Lipinski definition) is 2. The number of rotatable bonds is 6. The summed E-state index contributed by atoms with van der Waals surface area (Å²) in [6.45, 7) is 1.95. The molecule has 0 unspecified atom stereocenters. The molecular formula is C17H18N4O4. The molecule has 8 nitrogen and oxygen atoms in total. The van der Waals surface area contributed by atoms with Crippen molar-refractivity contribution in [1.29, 1.82) is 0 Å². The number of pyridine rings is 1. The third kappa shape index (κ3) is 3.74. The van der Waals surface area contributed by atoms with E-state index in [0.29, 0.717) is 24.2 Å². The minimum absolute atomic E-state index is 0.0541. The van der Waals surface area contributed by atoms with Crippen LogP contribution in [-0.2, 0) is 24.4 Å². The van der Waals surface area contributed by atoms with Crippen LogP contribution in [0.3, 0.4) is 0 Å². The van der Waals surface area contributed by atoms with Crippen molar-refractivity contribution in [2.24, 2.45) is 0 Å². The first-order chi connectivity index (χ1) is 12.1. The number of carbonyl (C=O) groups is 1. The molecule has 25 heavy (non-hydrogen) atoms. The molecule has 0 aliphatic carbocycles. The SMILES string of the molecule is Cc1cc(=O)c2ccccc2n1CC(=O)NCCc1noc(CO)n1. The highest BCUT2D eigenvalue weighted by Crippen LogP contribution is 2.12. The fourth-order valence-electron chi connectivity index (χ4n) is 2.63. The van der Waals surface area contributed by atoms with E-state index in [1.807, 2.05) is 16.7 Å². The summed E-state index contributed by atoms with van der Waals surface area (Å²) in [4.78, 5) is 28.2. The molecule has 0 spiro atoms. The zero-order chi connectivity index (χ0) is 17.8. The zero-order valence-corrected chi connectivity index (χ0v) is 13.7. The summed E-state index contributed by atoms with van der Waals surface area (Å²) in [5.41, 5.74) is 1.40. The summed E-state index contributed by atoms with van der Waals surface area (Å²) in [6.07, 6.45) is 0.402. The van der Waals surface area contributed by atoms with Crippen LogP contribution in [-0.4, -0.2) is 32.3 Å². The fraction of sp³-hybridized carbons (Fsp3) is 0.294. The van der Waals surface area contributed by atoms with Gasteiger partial charge >= 0.3 is 0 Å². The van der Waals surface area contributed by atoms with Gasteiger partial charge in [-0.1, -0.05) is 17.3 Å². The second kappa shape index (κ2) is 7.27. The Balaban J connectivity index is 1.67. The topological polar surface area (TPSA) is 110 Å². The van der Waals surface area contributed by atoms with Gasteiger partial charge < -0.3 is 19.5 Å². The molecule has 0 aliphatic heterocycles. The fourth-order valence-corrected chi connectivity index (χ4v) is 2.63. The Hall–Kier alpha value is -3.00. The summed E-state index contributed by atoms with van der Waals surface area (Å²) < 4.78 is 6.59. The molecule has 130 valence electrons. The van der Waals surface area contributed by atoms with Gasteiger partial charge in [-0.15, -0.1) is 0 Å². The zero-order valence-electron chi connectivity index (χ0n) is 13.7. The number of aliphatic hydroxyl groups is 1. The van der Waals surface area contributed by atoms with Crippen molar-refractivity contribution >= 4 is 16.8 Å². The van der Waals surface area contributed by atoms with E-state index in [1.165, 1.54) is 6.07 Å².